The van der Waals surface area contributed by atoms with E-state index in [1.807, 2.05) is 29.4 Å². The highest BCUT2D eigenvalue weighted by molar-refractivity contribution is 5.91. The van der Waals surface area contributed by atoms with Gasteiger partial charge in [-0.15, -0.1) is 0 Å². The third-order valence-corrected chi connectivity index (χ3v) is 4.62. The Morgan fingerprint density at radius 1 is 1.17 bits per heavy atom. The number of amides is 1. The summed E-state index contributed by atoms with van der Waals surface area (Å²) in [6, 6.07) is 11.7. The molecule has 1 fully saturated rings. The van der Waals surface area contributed by atoms with Crippen LogP contribution in [0.5, 0.6) is 0 Å². The number of carbonyl (C=O) groups is 1. The van der Waals surface area contributed by atoms with E-state index in [4.69, 9.17) is 4.42 Å². The van der Waals surface area contributed by atoms with Crippen LogP contribution in [-0.2, 0) is 6.54 Å². The molecule has 0 spiro atoms. The maximum Gasteiger partial charge on any atom is 0.289 e. The summed E-state index contributed by atoms with van der Waals surface area (Å²) < 4.78 is 7.43. The van der Waals surface area contributed by atoms with E-state index < -0.39 is 0 Å². The normalized spacial score (nSPS) is 16.1. The van der Waals surface area contributed by atoms with Gasteiger partial charge in [0.25, 0.3) is 5.91 Å². The molecule has 0 N–H and O–H groups in total. The molecule has 1 aromatic carbocycles. The van der Waals surface area contributed by atoms with Gasteiger partial charge in [-0.2, -0.15) is 0 Å². The molecule has 3 aromatic rings. The second-order valence-electron chi connectivity index (χ2n) is 6.10. The van der Waals surface area contributed by atoms with Gasteiger partial charge in [-0.05, 0) is 43.0 Å². The van der Waals surface area contributed by atoms with Crippen molar-refractivity contribution in [3.8, 4) is 0 Å². The minimum absolute atomic E-state index is 0.00142. The molecule has 0 radical (unpaired) electrons. The Morgan fingerprint density at radius 3 is 2.78 bits per heavy atom. The number of fused-ring (bicyclic) bond motifs is 1. The van der Waals surface area contributed by atoms with Gasteiger partial charge >= 0.3 is 0 Å². The average molecular weight is 309 g/mol. The van der Waals surface area contributed by atoms with E-state index >= 15 is 0 Å². The summed E-state index contributed by atoms with van der Waals surface area (Å²) >= 11 is 0. The third kappa shape index (κ3) is 2.74. The van der Waals surface area contributed by atoms with E-state index in [0.717, 1.165) is 38.0 Å². The highest BCUT2D eigenvalue weighted by Gasteiger charge is 2.25. The Morgan fingerprint density at radius 2 is 2.00 bits per heavy atom. The topological polar surface area (TPSA) is 51.3 Å². The first kappa shape index (κ1) is 14.1. The number of benzene rings is 1. The lowest BCUT2D eigenvalue weighted by atomic mass is 9.96. The number of carbonyl (C=O) groups excluding carboxylic acids is 1. The third-order valence-electron chi connectivity index (χ3n) is 4.62. The fourth-order valence-electron chi connectivity index (χ4n) is 3.31. The van der Waals surface area contributed by atoms with E-state index in [9.17, 15) is 4.79 Å². The molecule has 1 aliphatic rings. The molecule has 5 nitrogen and oxygen atoms in total. The second kappa shape index (κ2) is 5.91. The zero-order valence-electron chi connectivity index (χ0n) is 12.9. The van der Waals surface area contributed by atoms with Gasteiger partial charge in [0, 0.05) is 19.6 Å². The first-order chi connectivity index (χ1) is 11.3. The predicted octanol–water partition coefficient (Wildman–Crippen LogP) is 3.18. The lowest BCUT2D eigenvalue weighted by Crippen LogP contribution is -2.39. The molecule has 4 rings (SSSR count). The smallest absolute Gasteiger partial charge is 0.289 e. The van der Waals surface area contributed by atoms with Crippen LogP contribution in [0.4, 0.5) is 0 Å². The van der Waals surface area contributed by atoms with Crippen LogP contribution in [0.2, 0.25) is 0 Å². The second-order valence-corrected chi connectivity index (χ2v) is 6.10. The number of furan rings is 1. The fourth-order valence-corrected chi connectivity index (χ4v) is 3.31. The van der Waals surface area contributed by atoms with Crippen molar-refractivity contribution < 1.29 is 9.21 Å². The van der Waals surface area contributed by atoms with Crippen LogP contribution in [0.3, 0.4) is 0 Å². The Bertz CT molecular complexity index is 799. The molecule has 1 amide bonds. The standard InChI is InChI=1S/C18H19N3O2/c22-18(17-6-3-11-23-17)20-9-7-14(8-10-20)12-21-13-19-15-4-1-2-5-16(15)21/h1-6,11,13-14H,7-10,12H2. The van der Waals surface area contributed by atoms with Crippen LogP contribution in [-0.4, -0.2) is 33.4 Å². The molecule has 0 atom stereocenters. The Kier molecular flexibility index (Phi) is 3.61. The van der Waals surface area contributed by atoms with Gasteiger partial charge in [0.2, 0.25) is 0 Å². The SMILES string of the molecule is O=C(c1ccco1)N1CCC(Cn2cnc3ccccc32)CC1. The van der Waals surface area contributed by atoms with Gasteiger partial charge < -0.3 is 13.9 Å². The number of hydrogen-bond donors (Lipinski definition) is 0. The van der Waals surface area contributed by atoms with Crippen LogP contribution in [0.15, 0.2) is 53.4 Å². The summed E-state index contributed by atoms with van der Waals surface area (Å²) in [5.74, 6) is 1.01. The van der Waals surface area contributed by atoms with Gasteiger partial charge in [0.15, 0.2) is 5.76 Å². The molecule has 23 heavy (non-hydrogen) atoms. The molecule has 1 saturated heterocycles. The number of nitrogens with zero attached hydrogens (tertiary/aromatic N) is 3. The summed E-state index contributed by atoms with van der Waals surface area (Å²) in [6.07, 6.45) is 5.49. The highest BCUT2D eigenvalue weighted by atomic mass is 16.3. The molecular weight excluding hydrogens is 290 g/mol. The molecule has 2 aromatic heterocycles. The number of rotatable bonds is 3. The quantitative estimate of drug-likeness (QED) is 0.746. The van der Waals surface area contributed by atoms with E-state index in [1.54, 1.807) is 18.4 Å². The lowest BCUT2D eigenvalue weighted by molar-refractivity contribution is 0.0651. The largest absolute Gasteiger partial charge is 0.459 e. The molecule has 3 heterocycles. The minimum atomic E-state index is 0.00142. The van der Waals surface area contributed by atoms with Crippen molar-refractivity contribution in [1.29, 1.82) is 0 Å². The van der Waals surface area contributed by atoms with E-state index in [-0.39, 0.29) is 5.91 Å². The molecule has 5 heteroatoms. The van der Waals surface area contributed by atoms with Crippen LogP contribution in [0.1, 0.15) is 23.4 Å². The Balaban J connectivity index is 1.39. The van der Waals surface area contributed by atoms with Gasteiger partial charge in [0.1, 0.15) is 0 Å². The Hall–Kier alpha value is -2.56. The Labute approximate surface area is 134 Å². The van der Waals surface area contributed by atoms with E-state index in [1.165, 1.54) is 5.52 Å². The van der Waals surface area contributed by atoms with Crippen molar-refractivity contribution in [3.05, 3.63) is 54.7 Å². The number of piperidine rings is 1. The predicted molar refractivity (Wildman–Crippen MR) is 87.1 cm³/mol. The molecule has 0 saturated carbocycles. The number of hydrogen-bond acceptors (Lipinski definition) is 3. The molecule has 0 bridgehead atoms. The van der Waals surface area contributed by atoms with Gasteiger partial charge in [-0.3, -0.25) is 4.79 Å². The lowest BCUT2D eigenvalue weighted by Gasteiger charge is -2.31. The fraction of sp³-hybridized carbons (Fsp3) is 0.333. The number of aromatic nitrogens is 2. The highest BCUT2D eigenvalue weighted by Crippen LogP contribution is 2.23. The van der Waals surface area contributed by atoms with Crippen molar-refractivity contribution >= 4 is 16.9 Å². The van der Waals surface area contributed by atoms with E-state index in [0.29, 0.717) is 11.7 Å². The van der Waals surface area contributed by atoms with Crippen LogP contribution >= 0.6 is 0 Å². The maximum absolute atomic E-state index is 12.3. The number of imidazole rings is 1. The monoisotopic (exact) mass is 309 g/mol. The zero-order chi connectivity index (χ0) is 15.6. The summed E-state index contributed by atoms with van der Waals surface area (Å²) in [4.78, 5) is 18.6. The summed E-state index contributed by atoms with van der Waals surface area (Å²) in [5, 5.41) is 0. The van der Waals surface area contributed by atoms with Crippen LogP contribution in [0.25, 0.3) is 11.0 Å². The number of para-hydroxylation sites is 2. The first-order valence-electron chi connectivity index (χ1n) is 8.04. The van der Waals surface area contributed by atoms with Crippen molar-refractivity contribution in [2.45, 2.75) is 19.4 Å². The summed E-state index contributed by atoms with van der Waals surface area (Å²) in [6.45, 7) is 2.54. The van der Waals surface area contributed by atoms with Gasteiger partial charge in [-0.25, -0.2) is 4.98 Å². The zero-order valence-corrected chi connectivity index (χ0v) is 12.9. The number of likely N-dealkylation sites (tertiary alicyclic amines) is 1. The van der Waals surface area contributed by atoms with Gasteiger partial charge in [0.05, 0.1) is 23.6 Å². The van der Waals surface area contributed by atoms with Crippen molar-refractivity contribution in [3.63, 3.8) is 0 Å². The molecule has 0 unspecified atom stereocenters. The molecule has 1 aliphatic heterocycles. The molecular formula is C18H19N3O2. The minimum Gasteiger partial charge on any atom is -0.459 e. The van der Waals surface area contributed by atoms with Crippen molar-refractivity contribution in [2.75, 3.05) is 13.1 Å². The van der Waals surface area contributed by atoms with Crippen LogP contribution in [0, 0.1) is 5.92 Å². The summed E-state index contributed by atoms with van der Waals surface area (Å²) in [5.41, 5.74) is 2.22. The first-order valence-corrected chi connectivity index (χ1v) is 8.04. The van der Waals surface area contributed by atoms with E-state index in [2.05, 4.69) is 15.6 Å². The van der Waals surface area contributed by atoms with Crippen LogP contribution < -0.4 is 0 Å². The maximum atomic E-state index is 12.3. The summed E-state index contributed by atoms with van der Waals surface area (Å²) in [7, 11) is 0. The molecule has 118 valence electrons. The average Bonchev–Trinajstić information content (AvgIpc) is 3.25. The van der Waals surface area contributed by atoms with Crippen molar-refractivity contribution in [2.24, 2.45) is 5.92 Å². The molecule has 0 aliphatic carbocycles. The van der Waals surface area contributed by atoms with Crippen molar-refractivity contribution in [1.82, 2.24) is 14.5 Å². The van der Waals surface area contributed by atoms with Gasteiger partial charge in [-0.1, -0.05) is 12.1 Å².